The Morgan fingerprint density at radius 3 is 2.41 bits per heavy atom. The molecule has 0 aromatic heterocycles. The lowest BCUT2D eigenvalue weighted by molar-refractivity contribution is -0.118. The summed E-state index contributed by atoms with van der Waals surface area (Å²) in [6.07, 6.45) is 0.901. The summed E-state index contributed by atoms with van der Waals surface area (Å²) in [7, 11) is -1.72. The smallest absolute Gasteiger partial charge is 0.243 e. The average Bonchev–Trinajstić information content (AvgIpc) is 2.72. The molecule has 0 unspecified atom stereocenters. The summed E-state index contributed by atoms with van der Waals surface area (Å²) < 4.78 is 33.0. The molecule has 1 saturated heterocycles. The maximum Gasteiger partial charge on any atom is 0.243 e. The monoisotopic (exact) mass is 480 g/mol. The number of carbonyl (C=O) groups is 1. The molecule has 0 aliphatic carbocycles. The van der Waals surface area contributed by atoms with E-state index in [1.54, 1.807) is 36.2 Å². The summed E-state index contributed by atoms with van der Waals surface area (Å²) >= 11 is 3.43. The lowest BCUT2D eigenvalue weighted by atomic mass is 10.1. The third-order valence-electron chi connectivity index (χ3n) is 5.05. The molecular formula is C21H25BrN2O4S. The van der Waals surface area contributed by atoms with Crippen molar-refractivity contribution in [3.63, 3.8) is 0 Å². The Balaban J connectivity index is 1.61. The van der Waals surface area contributed by atoms with Crippen LogP contribution in [0.25, 0.3) is 0 Å². The number of aryl methyl sites for hydroxylation is 2. The molecule has 0 N–H and O–H groups in total. The van der Waals surface area contributed by atoms with Crippen LogP contribution >= 0.6 is 15.9 Å². The van der Waals surface area contributed by atoms with Gasteiger partial charge in [0.25, 0.3) is 0 Å². The van der Waals surface area contributed by atoms with Crippen molar-refractivity contribution in [3.8, 4) is 0 Å². The number of morpholine rings is 1. The number of halogens is 1. The van der Waals surface area contributed by atoms with Crippen molar-refractivity contribution >= 4 is 37.5 Å². The highest BCUT2D eigenvalue weighted by Crippen LogP contribution is 2.24. The predicted molar refractivity (Wildman–Crippen MR) is 117 cm³/mol. The molecule has 3 rings (SSSR count). The van der Waals surface area contributed by atoms with Crippen LogP contribution in [0.2, 0.25) is 0 Å². The number of hydrogen-bond donors (Lipinski definition) is 0. The number of nitrogens with zero attached hydrogens (tertiary/aromatic N) is 2. The maximum atomic E-state index is 12.7. The van der Waals surface area contributed by atoms with Gasteiger partial charge in [0, 0.05) is 36.7 Å². The van der Waals surface area contributed by atoms with Crippen LogP contribution in [0, 0.1) is 6.92 Å². The highest BCUT2D eigenvalue weighted by atomic mass is 79.9. The molecule has 1 aliphatic rings. The molecule has 0 spiro atoms. The fourth-order valence-corrected chi connectivity index (χ4v) is 5.20. The predicted octanol–water partition coefficient (Wildman–Crippen LogP) is 3.37. The van der Waals surface area contributed by atoms with Gasteiger partial charge in [0.05, 0.1) is 18.1 Å². The molecular weight excluding hydrogens is 456 g/mol. The molecule has 156 valence electrons. The minimum absolute atomic E-state index is 0.0143. The quantitative estimate of drug-likeness (QED) is 0.635. The Morgan fingerprint density at radius 2 is 1.79 bits per heavy atom. The number of benzene rings is 2. The molecule has 29 heavy (non-hydrogen) atoms. The highest BCUT2D eigenvalue weighted by molar-refractivity contribution is 9.10. The molecule has 1 aliphatic heterocycles. The second-order valence-electron chi connectivity index (χ2n) is 7.04. The summed E-state index contributed by atoms with van der Waals surface area (Å²) in [6.45, 7) is 3.56. The highest BCUT2D eigenvalue weighted by Gasteiger charge is 2.26. The number of amides is 1. The van der Waals surface area contributed by atoms with Crippen LogP contribution in [0.5, 0.6) is 0 Å². The normalized spacial score (nSPS) is 15.3. The van der Waals surface area contributed by atoms with Crippen molar-refractivity contribution in [1.29, 1.82) is 0 Å². The Bertz CT molecular complexity index is 971. The summed E-state index contributed by atoms with van der Waals surface area (Å²) in [6, 6.07) is 12.6. The van der Waals surface area contributed by atoms with Gasteiger partial charge in [-0.3, -0.25) is 4.79 Å². The van der Waals surface area contributed by atoms with Crippen LogP contribution in [-0.2, 0) is 26.0 Å². The zero-order chi connectivity index (χ0) is 21.0. The minimum Gasteiger partial charge on any atom is -0.379 e. The lowest BCUT2D eigenvalue weighted by Gasteiger charge is -2.26. The van der Waals surface area contributed by atoms with Crippen LogP contribution in [0.3, 0.4) is 0 Å². The zero-order valence-electron chi connectivity index (χ0n) is 16.6. The zero-order valence-corrected chi connectivity index (χ0v) is 19.0. The molecule has 1 heterocycles. The molecule has 0 atom stereocenters. The Morgan fingerprint density at radius 1 is 1.14 bits per heavy atom. The van der Waals surface area contributed by atoms with E-state index in [9.17, 15) is 13.2 Å². The van der Waals surface area contributed by atoms with E-state index in [1.807, 2.05) is 25.1 Å². The van der Waals surface area contributed by atoms with Gasteiger partial charge in [-0.05, 0) is 54.8 Å². The second-order valence-corrected chi connectivity index (χ2v) is 9.90. The molecule has 6 nitrogen and oxygen atoms in total. The number of sulfonamides is 1. The van der Waals surface area contributed by atoms with Crippen molar-refractivity contribution in [3.05, 3.63) is 58.1 Å². The first kappa shape index (κ1) is 22.0. The lowest BCUT2D eigenvalue weighted by Crippen LogP contribution is -2.40. The summed E-state index contributed by atoms with van der Waals surface area (Å²) in [5.74, 6) is 0.0143. The van der Waals surface area contributed by atoms with Crippen molar-refractivity contribution < 1.29 is 17.9 Å². The second kappa shape index (κ2) is 9.38. The Hall–Kier alpha value is -1.74. The number of rotatable bonds is 6. The van der Waals surface area contributed by atoms with Crippen LogP contribution in [0.15, 0.2) is 51.8 Å². The Labute approximate surface area is 180 Å². The number of ether oxygens (including phenoxy) is 1. The van der Waals surface area contributed by atoms with E-state index in [0.717, 1.165) is 21.3 Å². The SMILES string of the molecule is Cc1cc(Br)ccc1N(C)C(=O)CCc1ccc(S(=O)(=O)N2CCOCC2)cc1. The van der Waals surface area contributed by atoms with Gasteiger partial charge in [-0.2, -0.15) is 4.31 Å². The van der Waals surface area contributed by atoms with Crippen LogP contribution in [0.4, 0.5) is 5.69 Å². The summed E-state index contributed by atoms with van der Waals surface area (Å²) in [5, 5.41) is 0. The number of carbonyl (C=O) groups excluding carboxylic acids is 1. The number of anilines is 1. The standard InChI is InChI=1S/C21H25BrN2O4S/c1-16-15-18(22)6-9-20(16)23(2)21(25)10-5-17-3-7-19(8-4-17)29(26,27)24-11-13-28-14-12-24/h3-4,6-9,15H,5,10-14H2,1-2H3. The maximum absolute atomic E-state index is 12.7. The van der Waals surface area contributed by atoms with Gasteiger partial charge in [0.1, 0.15) is 0 Å². The van der Waals surface area contributed by atoms with Gasteiger partial charge in [-0.15, -0.1) is 0 Å². The number of hydrogen-bond acceptors (Lipinski definition) is 4. The largest absolute Gasteiger partial charge is 0.379 e. The molecule has 1 fully saturated rings. The first-order valence-electron chi connectivity index (χ1n) is 9.48. The molecule has 1 amide bonds. The van der Waals surface area contributed by atoms with E-state index >= 15 is 0 Å². The van der Waals surface area contributed by atoms with Gasteiger partial charge in [-0.1, -0.05) is 28.1 Å². The van der Waals surface area contributed by atoms with Crippen molar-refractivity contribution in [1.82, 2.24) is 4.31 Å². The van der Waals surface area contributed by atoms with Gasteiger partial charge < -0.3 is 9.64 Å². The molecule has 8 heteroatoms. The van der Waals surface area contributed by atoms with E-state index < -0.39 is 10.0 Å². The molecule has 0 radical (unpaired) electrons. The first-order valence-corrected chi connectivity index (χ1v) is 11.7. The average molecular weight is 481 g/mol. The van der Waals surface area contributed by atoms with Crippen molar-refractivity contribution in [2.45, 2.75) is 24.7 Å². The molecule has 0 saturated carbocycles. The fraction of sp³-hybridized carbons (Fsp3) is 0.381. The molecule has 0 bridgehead atoms. The minimum atomic E-state index is -3.49. The van der Waals surface area contributed by atoms with E-state index in [2.05, 4.69) is 15.9 Å². The van der Waals surface area contributed by atoms with Crippen LogP contribution in [-0.4, -0.2) is 52.0 Å². The van der Waals surface area contributed by atoms with Crippen LogP contribution < -0.4 is 4.90 Å². The van der Waals surface area contributed by atoms with E-state index in [4.69, 9.17) is 4.74 Å². The van der Waals surface area contributed by atoms with Crippen LogP contribution in [0.1, 0.15) is 17.5 Å². The van der Waals surface area contributed by atoms with Gasteiger partial charge >= 0.3 is 0 Å². The van der Waals surface area contributed by atoms with Crippen molar-refractivity contribution in [2.75, 3.05) is 38.3 Å². The van der Waals surface area contributed by atoms with Gasteiger partial charge in [0.2, 0.25) is 15.9 Å². The third-order valence-corrected chi connectivity index (χ3v) is 7.46. The van der Waals surface area contributed by atoms with Crippen molar-refractivity contribution in [2.24, 2.45) is 0 Å². The molecule has 2 aromatic rings. The topological polar surface area (TPSA) is 66.9 Å². The summed E-state index contributed by atoms with van der Waals surface area (Å²) in [5.41, 5.74) is 2.83. The third kappa shape index (κ3) is 5.25. The molecule has 2 aromatic carbocycles. The van der Waals surface area contributed by atoms with Gasteiger partial charge in [0.15, 0.2) is 0 Å². The summed E-state index contributed by atoms with van der Waals surface area (Å²) in [4.78, 5) is 14.5. The first-order chi connectivity index (χ1) is 13.8. The van der Waals surface area contributed by atoms with E-state index in [0.29, 0.717) is 39.1 Å². The van der Waals surface area contributed by atoms with Gasteiger partial charge in [-0.25, -0.2) is 8.42 Å². The van der Waals surface area contributed by atoms with E-state index in [1.165, 1.54) is 4.31 Å². The van der Waals surface area contributed by atoms with E-state index in [-0.39, 0.29) is 10.8 Å². The fourth-order valence-electron chi connectivity index (χ4n) is 3.31. The Kier molecular flexibility index (Phi) is 7.10.